The predicted molar refractivity (Wildman–Crippen MR) is 124 cm³/mol. The van der Waals surface area contributed by atoms with Gasteiger partial charge < -0.3 is 4.74 Å². The quantitative estimate of drug-likeness (QED) is 0.602. The van der Waals surface area contributed by atoms with Crippen LogP contribution in [0.3, 0.4) is 0 Å². The molecule has 1 aliphatic heterocycles. The van der Waals surface area contributed by atoms with Crippen LogP contribution in [0.4, 0.5) is 5.69 Å². The van der Waals surface area contributed by atoms with Gasteiger partial charge in [0.15, 0.2) is 0 Å². The molecule has 1 heterocycles. The number of aliphatic imine (C=N–C) groups is 2. The van der Waals surface area contributed by atoms with Crippen molar-refractivity contribution in [1.82, 2.24) is 0 Å². The summed E-state index contributed by atoms with van der Waals surface area (Å²) in [5.74, 6) is 5.05. The Bertz CT molecular complexity index is 996. The van der Waals surface area contributed by atoms with Crippen LogP contribution in [-0.2, 0) is 0 Å². The van der Waals surface area contributed by atoms with Crippen LogP contribution in [0.2, 0.25) is 0 Å². The molecule has 0 amide bonds. The van der Waals surface area contributed by atoms with Crippen molar-refractivity contribution in [3.05, 3.63) is 59.2 Å². The maximum atomic E-state index is 5.50. The number of hydrogen-bond donors (Lipinski definition) is 0. The Balaban J connectivity index is 2.35. The molecular weight excluding hydrogens is 358 g/mol. The number of anilines is 1. The first-order valence-electron chi connectivity index (χ1n) is 9.99. The van der Waals surface area contributed by atoms with Crippen molar-refractivity contribution >= 4 is 23.1 Å². The molecule has 0 atom stereocenters. The van der Waals surface area contributed by atoms with Gasteiger partial charge in [0.25, 0.3) is 0 Å². The number of benzene rings is 2. The molecule has 0 aromatic heterocycles. The van der Waals surface area contributed by atoms with Crippen molar-refractivity contribution in [3.63, 3.8) is 0 Å². The van der Waals surface area contributed by atoms with Crippen molar-refractivity contribution < 1.29 is 4.74 Å². The van der Waals surface area contributed by atoms with Crippen LogP contribution < -0.4 is 9.64 Å². The highest BCUT2D eigenvalue weighted by atomic mass is 16.5. The summed E-state index contributed by atoms with van der Waals surface area (Å²) in [4.78, 5) is 11.9. The molecule has 0 saturated heterocycles. The first-order chi connectivity index (χ1) is 13.5. The van der Waals surface area contributed by atoms with Crippen molar-refractivity contribution in [2.24, 2.45) is 9.98 Å². The minimum atomic E-state index is -0.230. The van der Waals surface area contributed by atoms with Crippen LogP contribution in [0.5, 0.6) is 5.75 Å². The first kappa shape index (κ1) is 20.9. The number of fused-ring (bicyclic) bond motifs is 1. The molecule has 0 spiro atoms. The zero-order valence-corrected chi connectivity index (χ0v) is 18.8. The zero-order valence-electron chi connectivity index (χ0n) is 18.8. The van der Waals surface area contributed by atoms with Gasteiger partial charge in [-0.3, -0.25) is 9.89 Å². The SMILES string of the molecule is COc1ccc2c(c1)C(=C=NC(C)(C)C)N(c1ccc(C)cc1)C2=NC(C)(C)C. The third kappa shape index (κ3) is 4.78. The lowest BCUT2D eigenvalue weighted by Gasteiger charge is -2.23. The molecule has 3 rings (SSSR count). The summed E-state index contributed by atoms with van der Waals surface area (Å²) in [6.45, 7) is 14.6. The molecular formula is C25H31N3O. The monoisotopic (exact) mass is 389 g/mol. The number of methoxy groups -OCH3 is 1. The Morgan fingerprint density at radius 2 is 1.52 bits per heavy atom. The highest BCUT2D eigenvalue weighted by molar-refractivity contribution is 6.28. The number of hydrogen-bond acceptors (Lipinski definition) is 3. The molecule has 4 heteroatoms. The number of rotatable bonds is 2. The maximum Gasteiger partial charge on any atom is 0.141 e. The third-order valence-corrected chi connectivity index (χ3v) is 4.39. The van der Waals surface area contributed by atoms with Gasteiger partial charge in [0.05, 0.1) is 18.2 Å². The Morgan fingerprint density at radius 1 is 0.862 bits per heavy atom. The highest BCUT2D eigenvalue weighted by Gasteiger charge is 2.34. The van der Waals surface area contributed by atoms with Crippen LogP contribution in [0.25, 0.3) is 5.70 Å². The Labute approximate surface area is 174 Å². The Hall–Kier alpha value is -2.84. The molecule has 1 aliphatic rings. The lowest BCUT2D eigenvalue weighted by molar-refractivity contribution is 0.414. The summed E-state index contributed by atoms with van der Waals surface area (Å²) in [6, 6.07) is 14.6. The van der Waals surface area contributed by atoms with E-state index in [1.54, 1.807) is 7.11 Å². The Morgan fingerprint density at radius 3 is 2.07 bits per heavy atom. The van der Waals surface area contributed by atoms with Gasteiger partial charge in [-0.1, -0.05) is 17.7 Å². The molecule has 0 bridgehead atoms. The molecule has 4 nitrogen and oxygen atoms in total. The fourth-order valence-electron chi connectivity index (χ4n) is 3.09. The molecule has 0 saturated carbocycles. The van der Waals surface area contributed by atoms with E-state index in [1.807, 2.05) is 12.1 Å². The molecule has 2 aromatic carbocycles. The predicted octanol–water partition coefficient (Wildman–Crippen LogP) is 5.88. The van der Waals surface area contributed by atoms with Crippen molar-refractivity contribution in [3.8, 4) is 5.75 Å². The topological polar surface area (TPSA) is 37.2 Å². The zero-order chi connectivity index (χ0) is 21.4. The van der Waals surface area contributed by atoms with Crippen molar-refractivity contribution in [1.29, 1.82) is 0 Å². The van der Waals surface area contributed by atoms with E-state index >= 15 is 0 Å². The molecule has 29 heavy (non-hydrogen) atoms. The number of amidine groups is 1. The number of nitrogens with zero attached hydrogens (tertiary/aromatic N) is 3. The van der Waals surface area contributed by atoms with Crippen LogP contribution in [-0.4, -0.2) is 29.9 Å². The fourth-order valence-corrected chi connectivity index (χ4v) is 3.09. The summed E-state index contributed by atoms with van der Waals surface area (Å²) in [6.07, 6.45) is 0. The summed E-state index contributed by atoms with van der Waals surface area (Å²) >= 11 is 0. The van der Waals surface area contributed by atoms with Gasteiger partial charge in [-0.2, -0.15) is 0 Å². The van der Waals surface area contributed by atoms with Gasteiger partial charge in [-0.05, 0) is 78.8 Å². The van der Waals surface area contributed by atoms with Crippen molar-refractivity contribution in [2.45, 2.75) is 59.5 Å². The van der Waals surface area contributed by atoms with E-state index in [9.17, 15) is 0 Å². The molecule has 152 valence electrons. The van der Waals surface area contributed by atoms with Gasteiger partial charge >= 0.3 is 0 Å². The normalized spacial score (nSPS) is 15.4. The van der Waals surface area contributed by atoms with Crippen LogP contribution >= 0.6 is 0 Å². The smallest absolute Gasteiger partial charge is 0.141 e. The van der Waals surface area contributed by atoms with Crippen LogP contribution in [0.1, 0.15) is 58.2 Å². The van der Waals surface area contributed by atoms with Gasteiger partial charge in [0.2, 0.25) is 0 Å². The van der Waals surface area contributed by atoms with Crippen LogP contribution in [0, 0.1) is 6.92 Å². The van der Waals surface area contributed by atoms with E-state index in [4.69, 9.17) is 14.7 Å². The molecule has 0 N–H and O–H groups in total. The lowest BCUT2D eigenvalue weighted by atomic mass is 10.1. The molecule has 0 radical (unpaired) electrons. The van der Waals surface area contributed by atoms with Crippen molar-refractivity contribution in [2.75, 3.05) is 12.0 Å². The standard InChI is InChI=1S/C25H31N3O/c1-17-9-11-18(12-10-17)28-22(16-26-24(2,3)4)21-15-19(29-8)13-14-20(21)23(28)27-25(5,6)7/h9-15H,1-8H3. The van der Waals surface area contributed by atoms with Gasteiger partial charge in [0.1, 0.15) is 17.3 Å². The largest absolute Gasteiger partial charge is 0.497 e. The highest BCUT2D eigenvalue weighted by Crippen LogP contribution is 2.38. The van der Waals surface area contributed by atoms with E-state index < -0.39 is 0 Å². The maximum absolute atomic E-state index is 5.50. The first-order valence-corrected chi connectivity index (χ1v) is 9.99. The van der Waals surface area contributed by atoms with E-state index in [-0.39, 0.29) is 11.1 Å². The summed E-state index contributed by atoms with van der Waals surface area (Å²) < 4.78 is 5.50. The molecule has 0 fully saturated rings. The second kappa shape index (κ2) is 7.53. The lowest BCUT2D eigenvalue weighted by Crippen LogP contribution is -2.27. The van der Waals surface area contributed by atoms with Gasteiger partial charge in [0, 0.05) is 22.7 Å². The molecule has 0 unspecified atom stereocenters. The average molecular weight is 390 g/mol. The van der Waals surface area contributed by atoms with Crippen LogP contribution in [0.15, 0.2) is 52.4 Å². The van der Waals surface area contributed by atoms with E-state index in [2.05, 4.69) is 89.6 Å². The summed E-state index contributed by atoms with van der Waals surface area (Å²) in [5, 5.41) is 0. The number of ether oxygens (including phenoxy) is 1. The summed E-state index contributed by atoms with van der Waals surface area (Å²) in [7, 11) is 1.69. The Kier molecular flexibility index (Phi) is 5.42. The second-order valence-electron chi connectivity index (χ2n) is 9.43. The molecule has 2 aromatic rings. The minimum absolute atomic E-state index is 0.227. The number of aryl methyl sites for hydroxylation is 1. The average Bonchev–Trinajstić information content (AvgIpc) is 2.91. The van der Waals surface area contributed by atoms with Gasteiger partial charge in [-0.15, -0.1) is 0 Å². The van der Waals surface area contributed by atoms with Gasteiger partial charge in [-0.25, -0.2) is 4.99 Å². The fraction of sp³-hybridized carbons (Fsp3) is 0.400. The van der Waals surface area contributed by atoms with E-state index in [0.29, 0.717) is 0 Å². The van der Waals surface area contributed by atoms with E-state index in [1.165, 1.54) is 5.56 Å². The second-order valence-corrected chi connectivity index (χ2v) is 9.43. The third-order valence-electron chi connectivity index (χ3n) is 4.39. The minimum Gasteiger partial charge on any atom is -0.497 e. The summed E-state index contributed by atoms with van der Waals surface area (Å²) in [5.41, 5.74) is 4.78. The van der Waals surface area contributed by atoms with E-state index in [0.717, 1.165) is 34.1 Å². The molecule has 0 aliphatic carbocycles.